The third-order valence-electron chi connectivity index (χ3n) is 6.84. The fourth-order valence-electron chi connectivity index (χ4n) is 4.97. The Morgan fingerprint density at radius 1 is 0.895 bits per heavy atom. The fourth-order valence-corrected chi connectivity index (χ4v) is 4.97. The zero-order valence-corrected chi connectivity index (χ0v) is 23.9. The van der Waals surface area contributed by atoms with E-state index in [1.807, 2.05) is 36.4 Å². The standard InChI is InChI=1S/C32H28N3O2.Pt/c1-19(2)22-15-21-12-13-30(34-32(21)28(36)16-22)37-23-17-25(20(3)4)31-24-9-5-6-10-26(24)35(27(31)18-23)29-11-7-8-14-33-29;/h5-17,19-20,36H,1-4H3;/q-1;. The summed E-state index contributed by atoms with van der Waals surface area (Å²) in [6.07, 6.45) is 1.80. The Labute approximate surface area is 236 Å². The number of hydrogen-bond acceptors (Lipinski definition) is 4. The molecule has 0 aliphatic rings. The van der Waals surface area contributed by atoms with Gasteiger partial charge in [0, 0.05) is 50.0 Å². The molecule has 3 heterocycles. The summed E-state index contributed by atoms with van der Waals surface area (Å²) in [4.78, 5) is 9.27. The van der Waals surface area contributed by atoms with Crippen LogP contribution in [-0.4, -0.2) is 19.6 Å². The molecule has 6 rings (SSSR count). The fraction of sp³-hybridized carbons (Fsp3) is 0.188. The Hall–Kier alpha value is -3.69. The molecular formula is C32H28N3O2Pt-. The number of ether oxygens (including phenoxy) is 1. The molecule has 0 radical (unpaired) electrons. The van der Waals surface area contributed by atoms with Crippen LogP contribution in [0.25, 0.3) is 38.5 Å². The van der Waals surface area contributed by atoms with Crippen LogP contribution in [0.3, 0.4) is 0 Å². The average molecular weight is 682 g/mol. The molecule has 38 heavy (non-hydrogen) atoms. The van der Waals surface area contributed by atoms with E-state index in [1.165, 1.54) is 5.56 Å². The zero-order chi connectivity index (χ0) is 25.7. The van der Waals surface area contributed by atoms with Crippen molar-refractivity contribution >= 4 is 32.7 Å². The Kier molecular flexibility index (Phi) is 6.98. The van der Waals surface area contributed by atoms with Crippen LogP contribution in [0, 0.1) is 6.07 Å². The summed E-state index contributed by atoms with van der Waals surface area (Å²) in [6.45, 7) is 8.58. The van der Waals surface area contributed by atoms with E-state index >= 15 is 0 Å². The molecule has 0 bridgehead atoms. The predicted molar refractivity (Wildman–Crippen MR) is 149 cm³/mol. The number of para-hydroxylation sites is 1. The van der Waals surface area contributed by atoms with Crippen molar-refractivity contribution in [2.75, 3.05) is 0 Å². The Balaban J connectivity index is 0.00000294. The monoisotopic (exact) mass is 681 g/mol. The van der Waals surface area contributed by atoms with Gasteiger partial charge in [0.15, 0.2) is 0 Å². The zero-order valence-electron chi connectivity index (χ0n) is 21.7. The van der Waals surface area contributed by atoms with Crippen LogP contribution in [0.15, 0.2) is 79.0 Å². The van der Waals surface area contributed by atoms with E-state index in [2.05, 4.69) is 78.6 Å². The molecule has 6 heteroatoms. The van der Waals surface area contributed by atoms with Crippen LogP contribution < -0.4 is 4.74 Å². The van der Waals surface area contributed by atoms with Crippen molar-refractivity contribution in [2.24, 2.45) is 0 Å². The number of aromatic nitrogens is 3. The van der Waals surface area contributed by atoms with E-state index in [4.69, 9.17) is 4.74 Å². The molecule has 0 atom stereocenters. The number of phenols is 1. The van der Waals surface area contributed by atoms with E-state index in [9.17, 15) is 5.11 Å². The van der Waals surface area contributed by atoms with E-state index < -0.39 is 0 Å². The maximum absolute atomic E-state index is 10.7. The van der Waals surface area contributed by atoms with Crippen LogP contribution in [0.2, 0.25) is 0 Å². The van der Waals surface area contributed by atoms with Crippen LogP contribution in [0.4, 0.5) is 0 Å². The molecule has 0 saturated heterocycles. The number of phenolic OH excluding ortho intramolecular Hbond substituents is 1. The summed E-state index contributed by atoms with van der Waals surface area (Å²) in [5.74, 6) is 2.53. The van der Waals surface area contributed by atoms with Gasteiger partial charge in [-0.1, -0.05) is 62.9 Å². The Morgan fingerprint density at radius 2 is 1.68 bits per heavy atom. The largest absolute Gasteiger partial charge is 0.506 e. The van der Waals surface area contributed by atoms with Gasteiger partial charge < -0.3 is 14.4 Å². The number of pyridine rings is 2. The molecule has 194 valence electrons. The average Bonchev–Trinajstić information content (AvgIpc) is 3.23. The van der Waals surface area contributed by atoms with E-state index in [0.717, 1.165) is 38.6 Å². The molecule has 0 fully saturated rings. The first kappa shape index (κ1) is 25.9. The minimum Gasteiger partial charge on any atom is -0.506 e. The third-order valence-corrected chi connectivity index (χ3v) is 6.84. The van der Waals surface area contributed by atoms with Crippen molar-refractivity contribution in [1.82, 2.24) is 14.5 Å². The Morgan fingerprint density at radius 3 is 2.42 bits per heavy atom. The quantitative estimate of drug-likeness (QED) is 0.186. The molecule has 3 aromatic carbocycles. The van der Waals surface area contributed by atoms with Gasteiger partial charge in [0.05, 0.1) is 0 Å². The van der Waals surface area contributed by atoms with Crippen LogP contribution in [-0.2, 0) is 21.1 Å². The SMILES string of the molecule is CC(C)c1cc(O)c2nc(Oc3[c-]c4c(c(C(C)C)c3)c3ccccc3n4-c3ccccn3)ccc2c1.[Pt]. The van der Waals surface area contributed by atoms with Crippen molar-refractivity contribution in [2.45, 2.75) is 39.5 Å². The van der Waals surface area contributed by atoms with Crippen molar-refractivity contribution < 1.29 is 30.9 Å². The molecule has 0 spiro atoms. The van der Waals surface area contributed by atoms with Gasteiger partial charge in [-0.05, 0) is 59.2 Å². The van der Waals surface area contributed by atoms with E-state index in [-0.39, 0.29) is 32.7 Å². The maximum Gasteiger partial charge on any atom is 0.217 e. The second-order valence-electron chi connectivity index (χ2n) is 10.0. The maximum atomic E-state index is 10.7. The van der Waals surface area contributed by atoms with Crippen LogP contribution in [0.1, 0.15) is 50.7 Å². The normalized spacial score (nSPS) is 11.5. The molecule has 1 N–H and O–H groups in total. The molecule has 0 aliphatic carbocycles. The molecular weight excluding hydrogens is 653 g/mol. The summed E-state index contributed by atoms with van der Waals surface area (Å²) in [7, 11) is 0. The van der Waals surface area contributed by atoms with Gasteiger partial charge in [0.2, 0.25) is 5.88 Å². The van der Waals surface area contributed by atoms with Gasteiger partial charge in [-0.25, -0.2) is 9.97 Å². The number of aromatic hydroxyl groups is 1. The van der Waals surface area contributed by atoms with Crippen molar-refractivity contribution in [3.05, 3.63) is 96.2 Å². The summed E-state index contributed by atoms with van der Waals surface area (Å²) in [5, 5.41) is 13.8. The van der Waals surface area contributed by atoms with Crippen molar-refractivity contribution in [3.63, 3.8) is 0 Å². The number of benzene rings is 3. The minimum absolute atomic E-state index is 0. The molecule has 6 aromatic rings. The molecule has 0 saturated carbocycles. The van der Waals surface area contributed by atoms with E-state index in [0.29, 0.717) is 23.1 Å². The molecule has 0 amide bonds. The van der Waals surface area contributed by atoms with E-state index in [1.54, 1.807) is 12.3 Å². The molecule has 0 aliphatic heterocycles. The number of hydrogen-bond donors (Lipinski definition) is 1. The van der Waals surface area contributed by atoms with Gasteiger partial charge >= 0.3 is 0 Å². The topological polar surface area (TPSA) is 60.2 Å². The van der Waals surface area contributed by atoms with Crippen molar-refractivity contribution in [1.29, 1.82) is 0 Å². The Bertz CT molecular complexity index is 1780. The van der Waals surface area contributed by atoms with Crippen LogP contribution >= 0.6 is 0 Å². The van der Waals surface area contributed by atoms with Gasteiger partial charge in [0.25, 0.3) is 0 Å². The third kappa shape index (κ3) is 4.46. The van der Waals surface area contributed by atoms with Gasteiger partial charge in [-0.15, -0.1) is 17.7 Å². The second-order valence-corrected chi connectivity index (χ2v) is 10.0. The first-order valence-corrected chi connectivity index (χ1v) is 12.6. The summed E-state index contributed by atoms with van der Waals surface area (Å²) in [5.41, 5.74) is 4.74. The molecule has 3 aromatic heterocycles. The predicted octanol–water partition coefficient (Wildman–Crippen LogP) is 8.27. The minimum atomic E-state index is 0. The van der Waals surface area contributed by atoms with Gasteiger partial charge in [-0.2, -0.15) is 0 Å². The number of nitrogens with zero attached hydrogens (tertiary/aromatic N) is 3. The summed E-state index contributed by atoms with van der Waals surface area (Å²) in [6, 6.07) is 27.5. The smallest absolute Gasteiger partial charge is 0.217 e. The van der Waals surface area contributed by atoms with Gasteiger partial charge in [-0.3, -0.25) is 0 Å². The first-order chi connectivity index (χ1) is 17.9. The van der Waals surface area contributed by atoms with Crippen molar-refractivity contribution in [3.8, 4) is 23.2 Å². The molecule has 5 nitrogen and oxygen atoms in total. The number of fused-ring (bicyclic) bond motifs is 4. The first-order valence-electron chi connectivity index (χ1n) is 12.6. The number of rotatable bonds is 5. The summed E-state index contributed by atoms with van der Waals surface area (Å²) >= 11 is 0. The summed E-state index contributed by atoms with van der Waals surface area (Å²) < 4.78 is 8.43. The second kappa shape index (κ2) is 10.2. The molecule has 0 unspecified atom stereocenters. The van der Waals surface area contributed by atoms with Crippen LogP contribution in [0.5, 0.6) is 17.4 Å². The van der Waals surface area contributed by atoms with Gasteiger partial charge in [0.1, 0.15) is 17.1 Å².